The topological polar surface area (TPSA) is 60.5 Å². The molecule has 128 valence electrons. The second-order valence-electron chi connectivity index (χ2n) is 6.28. The Morgan fingerprint density at radius 2 is 2.29 bits per heavy atom. The third-order valence-electron chi connectivity index (χ3n) is 4.40. The Labute approximate surface area is 142 Å². The van der Waals surface area contributed by atoms with Gasteiger partial charge in [0.25, 0.3) is 5.91 Å². The number of benzene rings is 1. The minimum absolute atomic E-state index is 0.110. The van der Waals surface area contributed by atoms with Crippen LogP contribution in [-0.4, -0.2) is 36.3 Å². The molecule has 0 saturated carbocycles. The predicted octanol–water partition coefficient (Wildman–Crippen LogP) is 3.46. The summed E-state index contributed by atoms with van der Waals surface area (Å²) >= 11 is 0. The van der Waals surface area contributed by atoms with E-state index in [0.29, 0.717) is 6.61 Å². The number of hydrogen-bond acceptors (Lipinski definition) is 4. The molecule has 2 unspecified atom stereocenters. The van der Waals surface area contributed by atoms with Crippen molar-refractivity contribution < 1.29 is 14.3 Å². The highest BCUT2D eigenvalue weighted by atomic mass is 16.5. The number of carbonyl (C=O) groups excluding carboxylic acids is 1. The van der Waals surface area contributed by atoms with E-state index in [1.165, 1.54) is 0 Å². The summed E-state index contributed by atoms with van der Waals surface area (Å²) in [7, 11) is 0. The zero-order valence-corrected chi connectivity index (χ0v) is 14.2. The van der Waals surface area contributed by atoms with Gasteiger partial charge in [0.15, 0.2) is 0 Å². The van der Waals surface area contributed by atoms with Crippen molar-refractivity contribution in [2.75, 3.05) is 18.5 Å². The maximum absolute atomic E-state index is 12.4. The molecule has 0 spiro atoms. The Kier molecular flexibility index (Phi) is 5.43. The van der Waals surface area contributed by atoms with Crippen LogP contribution in [0.1, 0.15) is 31.7 Å². The van der Waals surface area contributed by atoms with Crippen LogP contribution in [0.2, 0.25) is 0 Å². The molecule has 1 amide bonds. The van der Waals surface area contributed by atoms with Crippen molar-refractivity contribution in [3.05, 3.63) is 36.0 Å². The number of nitrogens with one attached hydrogen (secondary N) is 1. The lowest BCUT2D eigenvalue weighted by Gasteiger charge is -2.24. The van der Waals surface area contributed by atoms with E-state index in [-0.39, 0.29) is 12.0 Å². The summed E-state index contributed by atoms with van der Waals surface area (Å²) in [5.41, 5.74) is 2.75. The molecular formula is C19H24N2O3. The Balaban J connectivity index is 1.63. The van der Waals surface area contributed by atoms with Crippen molar-refractivity contribution in [3.8, 4) is 0 Å². The fourth-order valence-corrected chi connectivity index (χ4v) is 2.92. The monoisotopic (exact) mass is 328 g/mol. The van der Waals surface area contributed by atoms with Crippen LogP contribution in [0.15, 0.2) is 30.5 Å². The fraction of sp³-hybridized carbons (Fsp3) is 0.474. The average molecular weight is 328 g/mol. The zero-order valence-electron chi connectivity index (χ0n) is 14.2. The number of amides is 1. The van der Waals surface area contributed by atoms with Crippen molar-refractivity contribution in [2.24, 2.45) is 0 Å². The molecule has 1 aromatic heterocycles. The summed E-state index contributed by atoms with van der Waals surface area (Å²) in [6.45, 7) is 5.03. The van der Waals surface area contributed by atoms with Crippen molar-refractivity contribution >= 4 is 22.5 Å². The van der Waals surface area contributed by atoms with E-state index in [1.807, 2.05) is 31.2 Å². The third kappa shape index (κ3) is 3.91. The maximum atomic E-state index is 12.4. The van der Waals surface area contributed by atoms with E-state index in [4.69, 9.17) is 9.47 Å². The van der Waals surface area contributed by atoms with Gasteiger partial charge in [-0.05, 0) is 56.9 Å². The lowest BCUT2D eigenvalue weighted by molar-refractivity contribution is -0.130. The van der Waals surface area contributed by atoms with Crippen LogP contribution in [0.3, 0.4) is 0 Å². The molecule has 5 heteroatoms. The van der Waals surface area contributed by atoms with E-state index in [2.05, 4.69) is 10.3 Å². The Hall–Kier alpha value is -1.98. The fourth-order valence-electron chi connectivity index (χ4n) is 2.92. The summed E-state index contributed by atoms with van der Waals surface area (Å²) in [5.74, 6) is -0.153. The highest BCUT2D eigenvalue weighted by Gasteiger charge is 2.19. The van der Waals surface area contributed by atoms with Crippen LogP contribution < -0.4 is 5.32 Å². The molecule has 0 bridgehead atoms. The second kappa shape index (κ2) is 7.73. The van der Waals surface area contributed by atoms with Gasteiger partial charge in [-0.15, -0.1) is 0 Å². The first-order chi connectivity index (χ1) is 11.6. The van der Waals surface area contributed by atoms with Crippen molar-refractivity contribution in [1.29, 1.82) is 0 Å². The molecular weight excluding hydrogens is 304 g/mol. The van der Waals surface area contributed by atoms with Crippen LogP contribution in [0.25, 0.3) is 10.9 Å². The molecule has 2 atom stereocenters. The number of anilines is 1. The van der Waals surface area contributed by atoms with Crippen LogP contribution in [0, 0.1) is 6.92 Å². The Morgan fingerprint density at radius 3 is 3.08 bits per heavy atom. The van der Waals surface area contributed by atoms with E-state index in [9.17, 15) is 4.79 Å². The molecule has 1 saturated heterocycles. The van der Waals surface area contributed by atoms with Crippen LogP contribution in [0.4, 0.5) is 5.69 Å². The molecule has 2 aromatic rings. The number of aromatic nitrogens is 1. The third-order valence-corrected chi connectivity index (χ3v) is 4.40. The smallest absolute Gasteiger partial charge is 0.253 e. The molecule has 1 N–H and O–H groups in total. The number of hydrogen-bond donors (Lipinski definition) is 1. The van der Waals surface area contributed by atoms with Gasteiger partial charge in [0.2, 0.25) is 0 Å². The molecule has 1 aliphatic rings. The van der Waals surface area contributed by atoms with Crippen molar-refractivity contribution in [2.45, 2.75) is 45.3 Å². The van der Waals surface area contributed by atoms with Gasteiger partial charge in [0, 0.05) is 18.2 Å². The van der Waals surface area contributed by atoms with Gasteiger partial charge in [-0.25, -0.2) is 0 Å². The molecule has 5 nitrogen and oxygen atoms in total. The van der Waals surface area contributed by atoms with Gasteiger partial charge in [-0.2, -0.15) is 0 Å². The van der Waals surface area contributed by atoms with Gasteiger partial charge in [0.05, 0.1) is 23.9 Å². The van der Waals surface area contributed by atoms with E-state index in [0.717, 1.165) is 48.0 Å². The number of pyridine rings is 1. The van der Waals surface area contributed by atoms with Crippen LogP contribution in [0.5, 0.6) is 0 Å². The minimum Gasteiger partial charge on any atom is -0.376 e. The lowest BCUT2D eigenvalue weighted by Crippen LogP contribution is -2.32. The lowest BCUT2D eigenvalue weighted by atomic mass is 10.1. The first-order valence-electron chi connectivity index (χ1n) is 8.53. The number of aryl methyl sites for hydroxylation is 1. The SMILES string of the molecule is Cc1ccc(NC(=O)C(C)OCC2CCCCO2)c2cccnc12. The molecule has 3 rings (SSSR count). The van der Waals surface area contributed by atoms with E-state index < -0.39 is 6.10 Å². The van der Waals surface area contributed by atoms with Gasteiger partial charge >= 0.3 is 0 Å². The number of fused-ring (bicyclic) bond motifs is 1. The van der Waals surface area contributed by atoms with Crippen LogP contribution in [-0.2, 0) is 14.3 Å². The first kappa shape index (κ1) is 16.9. The molecule has 0 aliphatic carbocycles. The van der Waals surface area contributed by atoms with Crippen molar-refractivity contribution in [3.63, 3.8) is 0 Å². The molecule has 1 aliphatic heterocycles. The number of ether oxygens (including phenoxy) is 2. The number of rotatable bonds is 5. The highest BCUT2D eigenvalue weighted by molar-refractivity contribution is 6.03. The maximum Gasteiger partial charge on any atom is 0.253 e. The standard InChI is InChI=1S/C19H24N2O3/c1-13-8-9-17(16-7-5-10-20-18(13)16)21-19(22)14(2)24-12-15-6-3-4-11-23-15/h5,7-10,14-15H,3-4,6,11-12H2,1-2H3,(H,21,22). The van der Waals surface area contributed by atoms with Gasteiger partial charge in [-0.1, -0.05) is 6.07 Å². The van der Waals surface area contributed by atoms with Crippen molar-refractivity contribution in [1.82, 2.24) is 4.98 Å². The van der Waals surface area contributed by atoms with Gasteiger partial charge < -0.3 is 14.8 Å². The number of nitrogens with zero attached hydrogens (tertiary/aromatic N) is 1. The van der Waals surface area contributed by atoms with Gasteiger partial charge in [-0.3, -0.25) is 9.78 Å². The zero-order chi connectivity index (χ0) is 16.9. The van der Waals surface area contributed by atoms with Gasteiger partial charge in [0.1, 0.15) is 6.10 Å². The summed E-state index contributed by atoms with van der Waals surface area (Å²) in [6, 6.07) is 7.71. The molecule has 2 heterocycles. The molecule has 1 fully saturated rings. The predicted molar refractivity (Wildman–Crippen MR) is 94.1 cm³/mol. The Morgan fingerprint density at radius 1 is 1.42 bits per heavy atom. The van der Waals surface area contributed by atoms with E-state index in [1.54, 1.807) is 13.1 Å². The highest BCUT2D eigenvalue weighted by Crippen LogP contribution is 2.24. The normalized spacial score (nSPS) is 19.2. The minimum atomic E-state index is -0.524. The summed E-state index contributed by atoms with van der Waals surface area (Å²) < 4.78 is 11.3. The van der Waals surface area contributed by atoms with Crippen LogP contribution >= 0.6 is 0 Å². The summed E-state index contributed by atoms with van der Waals surface area (Å²) in [4.78, 5) is 16.8. The second-order valence-corrected chi connectivity index (χ2v) is 6.28. The van der Waals surface area contributed by atoms with E-state index >= 15 is 0 Å². The average Bonchev–Trinajstić information content (AvgIpc) is 2.63. The molecule has 0 radical (unpaired) electrons. The summed E-state index contributed by atoms with van der Waals surface area (Å²) in [5, 5.41) is 3.89. The quantitative estimate of drug-likeness (QED) is 0.913. The molecule has 1 aromatic carbocycles. The number of carbonyl (C=O) groups is 1. The first-order valence-corrected chi connectivity index (χ1v) is 8.53. The molecule has 24 heavy (non-hydrogen) atoms. The Bertz CT molecular complexity index is 711. The largest absolute Gasteiger partial charge is 0.376 e. The summed E-state index contributed by atoms with van der Waals surface area (Å²) in [6.07, 6.45) is 4.62.